The van der Waals surface area contributed by atoms with Crippen molar-refractivity contribution in [3.05, 3.63) is 18.0 Å². The van der Waals surface area contributed by atoms with Gasteiger partial charge in [-0.3, -0.25) is 4.68 Å². The summed E-state index contributed by atoms with van der Waals surface area (Å²) >= 11 is 0. The van der Waals surface area contributed by atoms with Gasteiger partial charge in [0.1, 0.15) is 6.10 Å². The molecule has 0 aliphatic rings. The van der Waals surface area contributed by atoms with Crippen LogP contribution in [0.5, 0.6) is 0 Å². The van der Waals surface area contributed by atoms with Crippen LogP contribution in [0.15, 0.2) is 12.4 Å². The number of rotatable bonds is 8. The molecule has 0 amide bonds. The molecule has 1 heterocycles. The minimum atomic E-state index is -0.0377. The van der Waals surface area contributed by atoms with Crippen molar-refractivity contribution in [1.82, 2.24) is 9.78 Å². The van der Waals surface area contributed by atoms with Crippen molar-refractivity contribution in [2.24, 2.45) is 18.7 Å². The molecule has 2 unspecified atom stereocenters. The molecule has 0 saturated heterocycles. The average molecular weight is 253 g/mol. The number of nitrogens with zero attached hydrogens (tertiary/aromatic N) is 2. The molecule has 1 rings (SSSR count). The molecular weight excluding hydrogens is 226 g/mol. The summed E-state index contributed by atoms with van der Waals surface area (Å²) in [4.78, 5) is 0. The molecule has 0 aliphatic carbocycles. The molecule has 0 saturated carbocycles. The second-order valence-electron chi connectivity index (χ2n) is 4.96. The maximum absolute atomic E-state index is 6.17. The summed E-state index contributed by atoms with van der Waals surface area (Å²) in [5.74, 6) is 0.619. The molecule has 0 aliphatic heterocycles. The van der Waals surface area contributed by atoms with E-state index in [0.717, 1.165) is 31.4 Å². The highest BCUT2D eigenvalue weighted by atomic mass is 16.5. The molecule has 0 bridgehead atoms. The van der Waals surface area contributed by atoms with Crippen LogP contribution in [0.25, 0.3) is 0 Å². The summed E-state index contributed by atoms with van der Waals surface area (Å²) in [5.41, 5.74) is 7.25. The molecule has 18 heavy (non-hydrogen) atoms. The fourth-order valence-corrected chi connectivity index (χ4v) is 2.03. The Hall–Kier alpha value is -0.870. The van der Waals surface area contributed by atoms with Crippen LogP contribution in [0.3, 0.4) is 0 Å². The maximum Gasteiger partial charge on any atom is 0.101 e. The third-order valence-corrected chi connectivity index (χ3v) is 3.58. The van der Waals surface area contributed by atoms with Crippen molar-refractivity contribution in [1.29, 1.82) is 0 Å². The molecule has 2 N–H and O–H groups in total. The van der Waals surface area contributed by atoms with Crippen molar-refractivity contribution in [2.75, 3.05) is 6.61 Å². The number of aromatic nitrogens is 2. The van der Waals surface area contributed by atoms with Crippen LogP contribution >= 0.6 is 0 Å². The van der Waals surface area contributed by atoms with E-state index in [1.807, 2.05) is 19.4 Å². The van der Waals surface area contributed by atoms with E-state index in [4.69, 9.17) is 10.5 Å². The van der Waals surface area contributed by atoms with Gasteiger partial charge in [0.2, 0.25) is 0 Å². The smallest absolute Gasteiger partial charge is 0.101 e. The Bertz CT molecular complexity index is 334. The van der Waals surface area contributed by atoms with Gasteiger partial charge in [0.05, 0.1) is 12.8 Å². The van der Waals surface area contributed by atoms with E-state index >= 15 is 0 Å². The van der Waals surface area contributed by atoms with Crippen LogP contribution < -0.4 is 5.73 Å². The standard InChI is InChI=1S/C14H27N3O/c1-5-11(6-2)10-18-14(13(15)7-3)12-8-16-17(4)9-12/h8-9,11,13-14H,5-7,10,15H2,1-4H3. The van der Waals surface area contributed by atoms with Crippen molar-refractivity contribution < 1.29 is 4.74 Å². The Balaban J connectivity index is 2.67. The Labute approximate surface area is 111 Å². The fourth-order valence-electron chi connectivity index (χ4n) is 2.03. The van der Waals surface area contributed by atoms with Crippen LogP contribution in [-0.2, 0) is 11.8 Å². The van der Waals surface area contributed by atoms with Gasteiger partial charge in [0, 0.05) is 24.8 Å². The third kappa shape index (κ3) is 4.10. The molecule has 1 aromatic rings. The molecular formula is C14H27N3O. The van der Waals surface area contributed by atoms with Gasteiger partial charge < -0.3 is 10.5 Å². The number of ether oxygens (including phenoxy) is 1. The summed E-state index contributed by atoms with van der Waals surface area (Å²) < 4.78 is 7.86. The highest BCUT2D eigenvalue weighted by molar-refractivity contribution is 5.10. The lowest BCUT2D eigenvalue weighted by atomic mass is 10.0. The van der Waals surface area contributed by atoms with E-state index in [9.17, 15) is 0 Å². The van der Waals surface area contributed by atoms with Crippen LogP contribution in [0.1, 0.15) is 51.7 Å². The van der Waals surface area contributed by atoms with Crippen LogP contribution in [0.4, 0.5) is 0 Å². The van der Waals surface area contributed by atoms with Crippen molar-refractivity contribution >= 4 is 0 Å². The quantitative estimate of drug-likeness (QED) is 0.775. The van der Waals surface area contributed by atoms with Crippen LogP contribution in [0, 0.1) is 5.92 Å². The van der Waals surface area contributed by atoms with Gasteiger partial charge in [-0.05, 0) is 12.3 Å². The number of hydrogen-bond acceptors (Lipinski definition) is 3. The summed E-state index contributed by atoms with van der Waals surface area (Å²) in [6.07, 6.45) is 7.02. The zero-order valence-corrected chi connectivity index (χ0v) is 12.1. The first-order chi connectivity index (χ1) is 8.62. The monoisotopic (exact) mass is 253 g/mol. The summed E-state index contributed by atoms with van der Waals surface area (Å²) in [7, 11) is 1.92. The molecule has 104 valence electrons. The topological polar surface area (TPSA) is 53.1 Å². The molecule has 2 atom stereocenters. The SMILES string of the molecule is CCC(CC)COC(c1cnn(C)c1)C(N)CC. The summed E-state index contributed by atoms with van der Waals surface area (Å²) in [6.45, 7) is 7.28. The average Bonchev–Trinajstić information content (AvgIpc) is 2.80. The Kier molecular flexibility index (Phi) is 6.36. The fraction of sp³-hybridized carbons (Fsp3) is 0.786. The first-order valence-electron chi connectivity index (χ1n) is 6.97. The first kappa shape index (κ1) is 15.2. The Morgan fingerprint density at radius 3 is 2.39 bits per heavy atom. The minimum absolute atomic E-state index is 0.0311. The highest BCUT2D eigenvalue weighted by Gasteiger charge is 2.21. The second-order valence-corrected chi connectivity index (χ2v) is 4.96. The minimum Gasteiger partial charge on any atom is -0.371 e. The van der Waals surface area contributed by atoms with Gasteiger partial charge in [-0.15, -0.1) is 0 Å². The van der Waals surface area contributed by atoms with Gasteiger partial charge in [-0.2, -0.15) is 5.10 Å². The number of nitrogens with two attached hydrogens (primary N) is 1. The normalized spacial score (nSPS) is 15.0. The van der Waals surface area contributed by atoms with E-state index in [1.54, 1.807) is 4.68 Å². The summed E-state index contributed by atoms with van der Waals surface area (Å²) in [6, 6.07) is 0.0311. The molecule has 1 aromatic heterocycles. The van der Waals surface area contributed by atoms with E-state index in [0.29, 0.717) is 5.92 Å². The maximum atomic E-state index is 6.17. The molecule has 0 aromatic carbocycles. The van der Waals surface area contributed by atoms with Crippen LogP contribution in [-0.4, -0.2) is 22.4 Å². The molecule has 0 spiro atoms. The lowest BCUT2D eigenvalue weighted by Crippen LogP contribution is -2.30. The molecule has 4 heteroatoms. The predicted molar refractivity (Wildman–Crippen MR) is 74.2 cm³/mol. The number of aryl methyl sites for hydroxylation is 1. The Morgan fingerprint density at radius 1 is 1.28 bits per heavy atom. The van der Waals surface area contributed by atoms with Gasteiger partial charge in [-0.25, -0.2) is 0 Å². The van der Waals surface area contributed by atoms with Gasteiger partial charge in [-0.1, -0.05) is 33.6 Å². The van der Waals surface area contributed by atoms with Crippen molar-refractivity contribution in [3.8, 4) is 0 Å². The first-order valence-corrected chi connectivity index (χ1v) is 6.97. The van der Waals surface area contributed by atoms with Gasteiger partial charge >= 0.3 is 0 Å². The Morgan fingerprint density at radius 2 is 1.94 bits per heavy atom. The highest BCUT2D eigenvalue weighted by Crippen LogP contribution is 2.23. The summed E-state index contributed by atoms with van der Waals surface area (Å²) in [5, 5.41) is 4.20. The van der Waals surface area contributed by atoms with Gasteiger partial charge in [0.15, 0.2) is 0 Å². The zero-order chi connectivity index (χ0) is 13.5. The largest absolute Gasteiger partial charge is 0.371 e. The lowest BCUT2D eigenvalue weighted by Gasteiger charge is -2.24. The number of hydrogen-bond donors (Lipinski definition) is 1. The van der Waals surface area contributed by atoms with E-state index < -0.39 is 0 Å². The molecule has 4 nitrogen and oxygen atoms in total. The van der Waals surface area contributed by atoms with Crippen molar-refractivity contribution in [3.63, 3.8) is 0 Å². The lowest BCUT2D eigenvalue weighted by molar-refractivity contribution is 0.00997. The third-order valence-electron chi connectivity index (χ3n) is 3.58. The van der Waals surface area contributed by atoms with Crippen molar-refractivity contribution in [2.45, 2.75) is 52.2 Å². The van der Waals surface area contributed by atoms with E-state index in [2.05, 4.69) is 25.9 Å². The van der Waals surface area contributed by atoms with E-state index in [-0.39, 0.29) is 12.1 Å². The molecule has 0 radical (unpaired) electrons. The van der Waals surface area contributed by atoms with Gasteiger partial charge in [0.25, 0.3) is 0 Å². The zero-order valence-electron chi connectivity index (χ0n) is 12.1. The predicted octanol–water partition coefficient (Wildman–Crippen LogP) is 2.65. The van der Waals surface area contributed by atoms with E-state index in [1.165, 1.54) is 0 Å². The second kappa shape index (κ2) is 7.54. The van der Waals surface area contributed by atoms with Crippen LogP contribution in [0.2, 0.25) is 0 Å². The molecule has 0 fully saturated rings.